The molecule has 0 spiro atoms. The first-order valence-corrected chi connectivity index (χ1v) is 7.14. The second kappa shape index (κ2) is 6.03. The highest BCUT2D eigenvalue weighted by Gasteiger charge is 2.22. The molecule has 3 rings (SSSR count). The summed E-state index contributed by atoms with van der Waals surface area (Å²) in [6.07, 6.45) is 5.09. The van der Waals surface area contributed by atoms with Gasteiger partial charge in [-0.3, -0.25) is 9.89 Å². The number of amides is 1. The molecule has 1 atom stereocenters. The Morgan fingerprint density at radius 3 is 3.19 bits per heavy atom. The van der Waals surface area contributed by atoms with Gasteiger partial charge in [0.15, 0.2) is 0 Å². The Bertz CT molecular complexity index is 627. The summed E-state index contributed by atoms with van der Waals surface area (Å²) in [4.78, 5) is 16.0. The van der Waals surface area contributed by atoms with E-state index in [1.54, 1.807) is 0 Å². The maximum absolute atomic E-state index is 13.4. The largest absolute Gasteiger partial charge is 0.349 e. The number of H-pyrrole nitrogens is 1. The number of carbonyl (C=O) groups excluding carboxylic acids is 1. The zero-order valence-corrected chi connectivity index (χ0v) is 11.6. The predicted molar refractivity (Wildman–Crippen MR) is 74.9 cm³/mol. The highest BCUT2D eigenvalue weighted by Crippen LogP contribution is 2.30. The molecule has 0 radical (unpaired) electrons. The molecule has 0 fully saturated rings. The molecular weight excluding hydrogens is 271 g/mol. The van der Waals surface area contributed by atoms with Crippen LogP contribution in [0.1, 0.15) is 42.3 Å². The Balaban J connectivity index is 1.63. The number of nitrogens with one attached hydrogen (secondary N) is 2. The van der Waals surface area contributed by atoms with Crippen molar-refractivity contribution in [3.8, 4) is 0 Å². The fraction of sp³-hybridized carbons (Fsp3) is 0.400. The van der Waals surface area contributed by atoms with Crippen molar-refractivity contribution in [1.82, 2.24) is 20.5 Å². The third-order valence-electron chi connectivity index (χ3n) is 3.81. The maximum Gasteiger partial charge on any atom is 0.220 e. The Kier molecular flexibility index (Phi) is 3.94. The van der Waals surface area contributed by atoms with Crippen molar-refractivity contribution >= 4 is 5.91 Å². The van der Waals surface area contributed by atoms with E-state index < -0.39 is 0 Å². The average Bonchev–Trinajstić information content (AvgIpc) is 2.99. The lowest BCUT2D eigenvalue weighted by molar-refractivity contribution is -0.121. The Morgan fingerprint density at radius 2 is 2.38 bits per heavy atom. The highest BCUT2D eigenvalue weighted by atomic mass is 19.1. The first-order chi connectivity index (χ1) is 10.2. The van der Waals surface area contributed by atoms with Gasteiger partial charge in [-0.1, -0.05) is 6.07 Å². The zero-order chi connectivity index (χ0) is 14.7. The minimum absolute atomic E-state index is 0.0477. The number of carbonyl (C=O) groups is 1. The highest BCUT2D eigenvalue weighted by molar-refractivity contribution is 5.76. The third-order valence-corrected chi connectivity index (χ3v) is 3.81. The number of benzene rings is 1. The molecular formula is C15H17FN4O. The van der Waals surface area contributed by atoms with Gasteiger partial charge in [-0.15, -0.1) is 0 Å². The summed E-state index contributed by atoms with van der Waals surface area (Å²) in [5, 5.41) is 9.47. The van der Waals surface area contributed by atoms with Crippen LogP contribution in [0.3, 0.4) is 0 Å². The van der Waals surface area contributed by atoms with E-state index in [1.165, 1.54) is 18.5 Å². The molecule has 0 saturated carbocycles. The lowest BCUT2D eigenvalue weighted by Gasteiger charge is -2.26. The van der Waals surface area contributed by atoms with Crippen LogP contribution in [-0.2, 0) is 17.6 Å². The Morgan fingerprint density at radius 1 is 1.48 bits per heavy atom. The fourth-order valence-corrected chi connectivity index (χ4v) is 2.77. The predicted octanol–water partition coefficient (Wildman–Crippen LogP) is 2.07. The van der Waals surface area contributed by atoms with Gasteiger partial charge in [0.05, 0.1) is 6.04 Å². The second-order valence-corrected chi connectivity index (χ2v) is 5.29. The van der Waals surface area contributed by atoms with Gasteiger partial charge < -0.3 is 5.32 Å². The van der Waals surface area contributed by atoms with Gasteiger partial charge in [0.2, 0.25) is 5.91 Å². The normalized spacial score (nSPS) is 17.3. The number of aromatic nitrogens is 3. The number of hydrogen-bond acceptors (Lipinski definition) is 3. The SMILES string of the molecule is O=C(CCc1ncn[nH]1)N[C@@H]1CCCc2ccc(F)cc21. The summed E-state index contributed by atoms with van der Waals surface area (Å²) >= 11 is 0. The fourth-order valence-electron chi connectivity index (χ4n) is 2.77. The minimum atomic E-state index is -0.253. The molecule has 2 aromatic rings. The van der Waals surface area contributed by atoms with Gasteiger partial charge >= 0.3 is 0 Å². The average molecular weight is 288 g/mol. The lowest BCUT2D eigenvalue weighted by atomic mass is 9.87. The van der Waals surface area contributed by atoms with Gasteiger partial charge in [-0.2, -0.15) is 5.10 Å². The molecule has 0 unspecified atom stereocenters. The van der Waals surface area contributed by atoms with Crippen LogP contribution < -0.4 is 5.32 Å². The first-order valence-electron chi connectivity index (χ1n) is 7.14. The van der Waals surface area contributed by atoms with Crippen LogP contribution in [0.4, 0.5) is 4.39 Å². The van der Waals surface area contributed by atoms with Crippen molar-refractivity contribution < 1.29 is 9.18 Å². The van der Waals surface area contributed by atoms with Gasteiger partial charge in [0.25, 0.3) is 0 Å². The van der Waals surface area contributed by atoms with E-state index in [0.717, 1.165) is 30.4 Å². The Hall–Kier alpha value is -2.24. The van der Waals surface area contributed by atoms with E-state index >= 15 is 0 Å². The molecule has 0 bridgehead atoms. The standard InChI is InChI=1S/C15H17FN4O/c16-11-5-4-10-2-1-3-13(12(10)8-11)19-15(21)7-6-14-17-9-18-20-14/h4-5,8-9,13H,1-3,6-7H2,(H,19,21)(H,17,18,20)/t13-/m1/s1. The van der Waals surface area contributed by atoms with Crippen molar-refractivity contribution in [2.45, 2.75) is 38.1 Å². The molecule has 1 aromatic heterocycles. The van der Waals surface area contributed by atoms with Crippen LogP contribution >= 0.6 is 0 Å². The summed E-state index contributed by atoms with van der Waals surface area (Å²) < 4.78 is 13.4. The smallest absolute Gasteiger partial charge is 0.220 e. The number of rotatable bonds is 4. The quantitative estimate of drug-likeness (QED) is 0.904. The van der Waals surface area contributed by atoms with Gasteiger partial charge in [-0.25, -0.2) is 9.37 Å². The second-order valence-electron chi connectivity index (χ2n) is 5.29. The number of aromatic amines is 1. The van der Waals surface area contributed by atoms with Gasteiger partial charge in [0.1, 0.15) is 18.0 Å². The van der Waals surface area contributed by atoms with Gasteiger partial charge in [0, 0.05) is 12.8 Å². The molecule has 6 heteroatoms. The van der Waals surface area contributed by atoms with E-state index in [9.17, 15) is 9.18 Å². The van der Waals surface area contributed by atoms with Gasteiger partial charge in [-0.05, 0) is 42.5 Å². The molecule has 1 heterocycles. The van der Waals surface area contributed by atoms with Crippen molar-refractivity contribution in [3.05, 3.63) is 47.3 Å². The summed E-state index contributed by atoms with van der Waals surface area (Å²) in [7, 11) is 0. The Labute approximate surface area is 122 Å². The van der Waals surface area contributed by atoms with Crippen LogP contribution in [-0.4, -0.2) is 21.1 Å². The molecule has 0 saturated heterocycles. The lowest BCUT2D eigenvalue weighted by Crippen LogP contribution is -2.31. The van der Waals surface area contributed by atoms with Crippen LogP contribution in [0.5, 0.6) is 0 Å². The molecule has 110 valence electrons. The van der Waals surface area contributed by atoms with Crippen LogP contribution in [0.15, 0.2) is 24.5 Å². The number of nitrogens with zero attached hydrogens (tertiary/aromatic N) is 2. The molecule has 5 nitrogen and oxygen atoms in total. The van der Waals surface area contributed by atoms with E-state index in [1.807, 2.05) is 6.07 Å². The molecule has 0 aliphatic heterocycles. The summed E-state index contributed by atoms with van der Waals surface area (Å²) in [6, 6.07) is 4.74. The van der Waals surface area contributed by atoms with Crippen LogP contribution in [0.25, 0.3) is 0 Å². The summed E-state index contributed by atoms with van der Waals surface area (Å²) in [5.41, 5.74) is 2.04. The first kappa shape index (κ1) is 13.7. The minimum Gasteiger partial charge on any atom is -0.349 e. The van der Waals surface area contributed by atoms with E-state index in [4.69, 9.17) is 0 Å². The zero-order valence-electron chi connectivity index (χ0n) is 11.6. The van der Waals surface area contributed by atoms with E-state index in [0.29, 0.717) is 18.7 Å². The van der Waals surface area contributed by atoms with Crippen molar-refractivity contribution in [1.29, 1.82) is 0 Å². The van der Waals surface area contributed by atoms with E-state index in [2.05, 4.69) is 20.5 Å². The topological polar surface area (TPSA) is 70.7 Å². The third kappa shape index (κ3) is 3.26. The molecule has 1 aliphatic carbocycles. The van der Waals surface area contributed by atoms with Crippen LogP contribution in [0.2, 0.25) is 0 Å². The summed E-state index contributed by atoms with van der Waals surface area (Å²) in [6.45, 7) is 0. The molecule has 1 aliphatic rings. The van der Waals surface area contributed by atoms with Crippen molar-refractivity contribution in [3.63, 3.8) is 0 Å². The maximum atomic E-state index is 13.4. The number of hydrogen-bond donors (Lipinski definition) is 2. The van der Waals surface area contributed by atoms with E-state index in [-0.39, 0.29) is 17.8 Å². The van der Waals surface area contributed by atoms with Crippen molar-refractivity contribution in [2.75, 3.05) is 0 Å². The monoisotopic (exact) mass is 288 g/mol. The summed E-state index contributed by atoms with van der Waals surface area (Å²) in [5.74, 6) is 0.394. The van der Waals surface area contributed by atoms with Crippen molar-refractivity contribution in [2.24, 2.45) is 0 Å². The number of aryl methyl sites for hydroxylation is 2. The molecule has 21 heavy (non-hydrogen) atoms. The molecule has 1 amide bonds. The molecule has 1 aromatic carbocycles. The number of fused-ring (bicyclic) bond motifs is 1. The number of halogens is 1. The molecule has 2 N–H and O–H groups in total. The van der Waals surface area contributed by atoms with Crippen LogP contribution in [0, 0.1) is 5.82 Å².